The third kappa shape index (κ3) is 6.84. The molecule has 2 aliphatic heterocycles. The summed E-state index contributed by atoms with van der Waals surface area (Å²) in [5.74, 6) is 2.75. The van der Waals surface area contributed by atoms with Crippen LogP contribution < -0.4 is 25.2 Å². The number of aromatic nitrogens is 4. The molecule has 1 fully saturated rings. The van der Waals surface area contributed by atoms with Gasteiger partial charge in [-0.05, 0) is 90.6 Å². The predicted molar refractivity (Wildman–Crippen MR) is 176 cm³/mol. The van der Waals surface area contributed by atoms with Gasteiger partial charge in [-0.25, -0.2) is 24.7 Å². The Morgan fingerprint density at radius 3 is 2.63 bits per heavy atom. The van der Waals surface area contributed by atoms with Crippen LogP contribution in [0.25, 0.3) is 11.4 Å². The monoisotopic (exact) mass is 708 g/mol. The second-order valence-corrected chi connectivity index (χ2v) is 11.7. The highest BCUT2D eigenvalue weighted by Gasteiger charge is 2.29. The number of thiocarbonyl (C=S) groups is 1. The molecule has 220 valence electrons. The summed E-state index contributed by atoms with van der Waals surface area (Å²) in [4.78, 5) is 35.8. The van der Waals surface area contributed by atoms with E-state index in [9.17, 15) is 4.79 Å². The molecule has 43 heavy (non-hydrogen) atoms. The number of rotatable bonds is 5. The van der Waals surface area contributed by atoms with E-state index in [1.165, 1.54) is 0 Å². The molecule has 1 unspecified atom stereocenters. The number of halogens is 1. The lowest BCUT2D eigenvalue weighted by Crippen LogP contribution is -2.45. The van der Waals surface area contributed by atoms with Gasteiger partial charge in [0.2, 0.25) is 5.95 Å². The molecule has 4 heterocycles. The van der Waals surface area contributed by atoms with E-state index in [1.54, 1.807) is 24.5 Å². The van der Waals surface area contributed by atoms with Crippen molar-refractivity contribution in [3.05, 3.63) is 81.8 Å². The van der Waals surface area contributed by atoms with Crippen LogP contribution in [0.2, 0.25) is 0 Å². The molecule has 2 N–H and O–H groups in total. The van der Waals surface area contributed by atoms with Crippen molar-refractivity contribution in [1.29, 1.82) is 0 Å². The minimum Gasteiger partial charge on any atom is -0.409 e. The van der Waals surface area contributed by atoms with E-state index >= 15 is 0 Å². The summed E-state index contributed by atoms with van der Waals surface area (Å²) in [7, 11) is 0. The number of carbonyl (C=O) groups excluding carboxylic acids is 1. The van der Waals surface area contributed by atoms with Gasteiger partial charge in [-0.3, -0.25) is 5.32 Å². The molecule has 0 radical (unpaired) electrons. The number of fused-ring (bicyclic) bond motifs is 1. The van der Waals surface area contributed by atoms with E-state index in [2.05, 4.69) is 59.9 Å². The van der Waals surface area contributed by atoms with E-state index in [1.807, 2.05) is 42.5 Å². The van der Waals surface area contributed by atoms with Gasteiger partial charge in [-0.15, -0.1) is 0 Å². The second-order valence-electron chi connectivity index (χ2n) is 10.1. The van der Waals surface area contributed by atoms with Crippen LogP contribution in [0.4, 0.5) is 22.2 Å². The molecule has 2 aliphatic rings. The first-order valence-corrected chi connectivity index (χ1v) is 15.3. The van der Waals surface area contributed by atoms with Gasteiger partial charge in [0.1, 0.15) is 11.6 Å². The van der Waals surface area contributed by atoms with Gasteiger partial charge in [-0.1, -0.05) is 12.1 Å². The van der Waals surface area contributed by atoms with E-state index in [4.69, 9.17) is 31.7 Å². The van der Waals surface area contributed by atoms with Crippen molar-refractivity contribution in [2.24, 2.45) is 0 Å². The molecule has 6 rings (SSSR count). The number of hydrogen-bond acceptors (Lipinski definition) is 10. The topological polar surface area (TPSA) is 118 Å². The van der Waals surface area contributed by atoms with Gasteiger partial charge in [-0.2, -0.15) is 0 Å². The quantitative estimate of drug-likeness (QED) is 0.220. The Bertz CT molecular complexity index is 1630. The average molecular weight is 709 g/mol. The van der Waals surface area contributed by atoms with Crippen molar-refractivity contribution in [1.82, 2.24) is 25.3 Å². The minimum atomic E-state index is -0.666. The summed E-state index contributed by atoms with van der Waals surface area (Å²) in [5, 5.41) is 5.70. The number of anilines is 3. The maximum absolute atomic E-state index is 12.3. The Kier molecular flexibility index (Phi) is 8.90. The van der Waals surface area contributed by atoms with Gasteiger partial charge in [0, 0.05) is 42.3 Å². The molecular weight excluding hydrogens is 679 g/mol. The number of carbonyl (C=O) groups is 1. The molecule has 2 aromatic carbocycles. The largest absolute Gasteiger partial charge is 0.418 e. The van der Waals surface area contributed by atoms with Crippen LogP contribution in [0.3, 0.4) is 0 Å². The summed E-state index contributed by atoms with van der Waals surface area (Å²) in [6.45, 7) is 5.64. The van der Waals surface area contributed by atoms with Gasteiger partial charge in [0.15, 0.2) is 10.9 Å². The summed E-state index contributed by atoms with van der Waals surface area (Å²) < 4.78 is 11.9. The van der Waals surface area contributed by atoms with Crippen LogP contribution >= 0.6 is 34.8 Å². The highest BCUT2D eigenvalue weighted by molar-refractivity contribution is 14.1. The number of para-hydroxylation sites is 1. The smallest absolute Gasteiger partial charge is 0.409 e. The van der Waals surface area contributed by atoms with E-state index in [-0.39, 0.29) is 11.2 Å². The summed E-state index contributed by atoms with van der Waals surface area (Å²) in [6, 6.07) is 16.9. The van der Waals surface area contributed by atoms with Crippen LogP contribution in [0, 0.1) is 3.57 Å². The number of nitrogens with one attached hydrogen (secondary N) is 2. The Morgan fingerprint density at radius 1 is 1.07 bits per heavy atom. The SMILES string of the molecule is CC1COCCN1c1nc(-c2ccc(NC(=S)NC(=O)Oc3ccccc3I)cc2)nc2c1CCN(c1ncccn1)C2. The van der Waals surface area contributed by atoms with Crippen LogP contribution in [-0.4, -0.2) is 63.5 Å². The first-order valence-electron chi connectivity index (χ1n) is 13.9. The number of morpholine rings is 1. The van der Waals surface area contributed by atoms with Crippen LogP contribution in [-0.2, 0) is 17.7 Å². The zero-order valence-electron chi connectivity index (χ0n) is 23.4. The molecule has 0 spiro atoms. The van der Waals surface area contributed by atoms with Crippen molar-refractivity contribution < 1.29 is 14.3 Å². The standard InChI is InChI=1S/C30H29IN8O3S/c1-19-18-41-16-15-39(19)27-22-11-14-38(28-32-12-4-13-33-28)17-24(22)35-26(36-27)20-7-9-21(10-8-20)34-29(43)37-30(40)42-25-6-3-2-5-23(25)31/h2-10,12-13,19H,11,14-18H2,1H3,(H2,34,37,40,43). The Hall–Kier alpha value is -3.95. The summed E-state index contributed by atoms with van der Waals surface area (Å²) in [5.41, 5.74) is 3.70. The maximum Gasteiger partial charge on any atom is 0.418 e. The minimum absolute atomic E-state index is 0.125. The fourth-order valence-electron chi connectivity index (χ4n) is 5.05. The highest BCUT2D eigenvalue weighted by Crippen LogP contribution is 2.32. The molecule has 13 heteroatoms. The molecular formula is C30H29IN8O3S. The third-order valence-corrected chi connectivity index (χ3v) is 8.27. The van der Waals surface area contributed by atoms with E-state index in [0.29, 0.717) is 43.0 Å². The molecule has 11 nitrogen and oxygen atoms in total. The Labute approximate surface area is 268 Å². The van der Waals surface area contributed by atoms with Crippen molar-refractivity contribution in [2.45, 2.75) is 25.9 Å². The number of ether oxygens (including phenoxy) is 2. The van der Waals surface area contributed by atoms with Crippen molar-refractivity contribution in [2.75, 3.05) is 41.4 Å². The number of nitrogens with zero attached hydrogens (tertiary/aromatic N) is 6. The molecule has 1 amide bonds. The van der Waals surface area contributed by atoms with Crippen LogP contribution in [0.5, 0.6) is 5.75 Å². The Balaban J connectivity index is 1.21. The van der Waals surface area contributed by atoms with Crippen molar-refractivity contribution in [3.63, 3.8) is 0 Å². The third-order valence-electron chi connectivity index (χ3n) is 7.17. The number of benzene rings is 2. The molecule has 2 aromatic heterocycles. The number of amides is 1. The first kappa shape index (κ1) is 29.1. The number of hydrogen-bond donors (Lipinski definition) is 2. The molecule has 1 atom stereocenters. The maximum atomic E-state index is 12.3. The molecule has 1 saturated heterocycles. The summed E-state index contributed by atoms with van der Waals surface area (Å²) >= 11 is 7.43. The van der Waals surface area contributed by atoms with E-state index < -0.39 is 6.09 Å². The van der Waals surface area contributed by atoms with Gasteiger partial charge in [0.25, 0.3) is 0 Å². The average Bonchev–Trinajstić information content (AvgIpc) is 3.02. The zero-order chi connectivity index (χ0) is 29.8. The highest BCUT2D eigenvalue weighted by atomic mass is 127. The molecule has 0 saturated carbocycles. The fourth-order valence-corrected chi connectivity index (χ4v) is 5.75. The summed E-state index contributed by atoms with van der Waals surface area (Å²) in [6.07, 6.45) is 3.65. The lowest BCUT2D eigenvalue weighted by atomic mass is 10.0. The fraction of sp³-hybridized carbons (Fsp3) is 0.267. The van der Waals surface area contributed by atoms with Gasteiger partial charge < -0.3 is 24.6 Å². The van der Waals surface area contributed by atoms with Crippen molar-refractivity contribution in [3.8, 4) is 17.1 Å². The van der Waals surface area contributed by atoms with Crippen molar-refractivity contribution >= 4 is 63.5 Å². The molecule has 0 bridgehead atoms. The second kappa shape index (κ2) is 13.1. The Morgan fingerprint density at radius 2 is 1.86 bits per heavy atom. The normalized spacial score (nSPS) is 16.3. The van der Waals surface area contributed by atoms with Crippen LogP contribution in [0.1, 0.15) is 18.2 Å². The first-order chi connectivity index (χ1) is 20.9. The molecule has 0 aliphatic carbocycles. The van der Waals surface area contributed by atoms with Crippen LogP contribution in [0.15, 0.2) is 67.0 Å². The zero-order valence-corrected chi connectivity index (χ0v) is 26.3. The lowest BCUT2D eigenvalue weighted by molar-refractivity contribution is 0.0984. The van der Waals surface area contributed by atoms with Gasteiger partial charge in [0.05, 0.1) is 35.1 Å². The molecule has 4 aromatic rings. The lowest BCUT2D eigenvalue weighted by Gasteiger charge is -2.37. The van der Waals surface area contributed by atoms with Gasteiger partial charge >= 0.3 is 6.09 Å². The predicted octanol–water partition coefficient (Wildman–Crippen LogP) is 4.81. The van der Waals surface area contributed by atoms with E-state index in [0.717, 1.165) is 45.7 Å².